The molecule has 0 saturated carbocycles. The van der Waals surface area contributed by atoms with Crippen LogP contribution in [0.3, 0.4) is 0 Å². The number of hydrogen-bond donors (Lipinski definition) is 0. The van der Waals surface area contributed by atoms with E-state index in [9.17, 15) is 4.79 Å². The second-order valence-electron chi connectivity index (χ2n) is 3.05. The van der Waals surface area contributed by atoms with Crippen LogP contribution in [0.4, 0.5) is 0 Å². The van der Waals surface area contributed by atoms with Crippen LogP contribution in [0.2, 0.25) is 0 Å². The van der Waals surface area contributed by atoms with E-state index in [-0.39, 0.29) is 12.0 Å². The Labute approximate surface area is 67.3 Å². The van der Waals surface area contributed by atoms with Crippen molar-refractivity contribution in [1.29, 1.82) is 0 Å². The van der Waals surface area contributed by atoms with Crippen LogP contribution in [0.1, 0.15) is 20.3 Å². The third kappa shape index (κ3) is 1.53. The fraction of sp³-hybridized carbons (Fsp3) is 0.875. The zero-order chi connectivity index (χ0) is 8.43. The summed E-state index contributed by atoms with van der Waals surface area (Å²) in [5.74, 6) is 0.117. The number of rotatable bonds is 2. The molecular weight excluding hydrogens is 142 g/mol. The summed E-state index contributed by atoms with van der Waals surface area (Å²) in [7, 11) is 1.56. The third-order valence-corrected chi connectivity index (χ3v) is 2.30. The first-order chi connectivity index (χ1) is 5.16. The molecule has 1 amide bonds. The van der Waals surface area contributed by atoms with Gasteiger partial charge in [-0.25, -0.2) is 0 Å². The molecule has 0 spiro atoms. The van der Waals surface area contributed by atoms with Crippen molar-refractivity contribution in [3.05, 3.63) is 0 Å². The van der Waals surface area contributed by atoms with Crippen LogP contribution in [-0.2, 0) is 9.53 Å². The van der Waals surface area contributed by atoms with Crippen LogP contribution in [0.15, 0.2) is 0 Å². The van der Waals surface area contributed by atoms with Crippen molar-refractivity contribution in [1.82, 2.24) is 4.90 Å². The molecule has 1 rings (SSSR count). The lowest BCUT2D eigenvalue weighted by atomic mass is 10.0. The minimum absolute atomic E-state index is 0.117. The molecule has 1 aliphatic rings. The summed E-state index contributed by atoms with van der Waals surface area (Å²) < 4.78 is 4.93. The largest absolute Gasteiger partial charge is 0.372 e. The van der Waals surface area contributed by atoms with E-state index in [1.165, 1.54) is 0 Å². The maximum Gasteiger partial charge on any atom is 0.251 e. The van der Waals surface area contributed by atoms with Gasteiger partial charge in [-0.1, -0.05) is 0 Å². The van der Waals surface area contributed by atoms with Gasteiger partial charge < -0.3 is 9.64 Å². The maximum absolute atomic E-state index is 11.4. The Morgan fingerprint density at radius 2 is 2.36 bits per heavy atom. The van der Waals surface area contributed by atoms with Crippen molar-refractivity contribution in [3.8, 4) is 0 Å². The maximum atomic E-state index is 11.4. The van der Waals surface area contributed by atoms with Gasteiger partial charge in [0.05, 0.1) is 0 Å². The van der Waals surface area contributed by atoms with Gasteiger partial charge in [-0.3, -0.25) is 4.79 Å². The summed E-state index contributed by atoms with van der Waals surface area (Å²) in [5, 5.41) is 0. The summed E-state index contributed by atoms with van der Waals surface area (Å²) in [4.78, 5) is 13.2. The highest BCUT2D eigenvalue weighted by molar-refractivity contribution is 5.81. The molecule has 0 radical (unpaired) electrons. The van der Waals surface area contributed by atoms with Crippen LogP contribution in [0.25, 0.3) is 0 Å². The quantitative estimate of drug-likeness (QED) is 0.588. The van der Waals surface area contributed by atoms with E-state index in [1.54, 1.807) is 14.0 Å². The third-order valence-electron chi connectivity index (χ3n) is 2.30. The zero-order valence-electron chi connectivity index (χ0n) is 7.33. The van der Waals surface area contributed by atoms with Gasteiger partial charge in [-0.05, 0) is 20.3 Å². The van der Waals surface area contributed by atoms with Crippen LogP contribution >= 0.6 is 0 Å². The molecule has 64 valence electrons. The topological polar surface area (TPSA) is 29.5 Å². The van der Waals surface area contributed by atoms with Gasteiger partial charge in [-0.15, -0.1) is 0 Å². The first-order valence-corrected chi connectivity index (χ1v) is 4.00. The Hall–Kier alpha value is -0.570. The van der Waals surface area contributed by atoms with Crippen molar-refractivity contribution >= 4 is 5.91 Å². The highest BCUT2D eigenvalue weighted by Gasteiger charge is 2.30. The van der Waals surface area contributed by atoms with Crippen LogP contribution in [-0.4, -0.2) is 36.6 Å². The molecule has 0 aromatic carbocycles. The standard InChI is InChI=1S/C8H15NO2/c1-6-4-5-9(6)8(10)7(2)11-3/h6-7H,4-5H2,1-3H3. The van der Waals surface area contributed by atoms with Crippen LogP contribution < -0.4 is 0 Å². The molecule has 1 aliphatic heterocycles. The summed E-state index contributed by atoms with van der Waals surface area (Å²) in [6, 6.07) is 0.417. The van der Waals surface area contributed by atoms with E-state index >= 15 is 0 Å². The van der Waals surface area contributed by atoms with E-state index in [0.29, 0.717) is 6.04 Å². The van der Waals surface area contributed by atoms with Crippen LogP contribution in [0.5, 0.6) is 0 Å². The monoisotopic (exact) mass is 157 g/mol. The van der Waals surface area contributed by atoms with E-state index < -0.39 is 0 Å². The summed E-state index contributed by atoms with van der Waals surface area (Å²) >= 11 is 0. The Morgan fingerprint density at radius 3 is 2.64 bits per heavy atom. The van der Waals surface area contributed by atoms with Gasteiger partial charge in [0.1, 0.15) is 6.10 Å². The van der Waals surface area contributed by atoms with Gasteiger partial charge in [-0.2, -0.15) is 0 Å². The molecule has 2 atom stereocenters. The Kier molecular flexibility index (Phi) is 2.49. The lowest BCUT2D eigenvalue weighted by molar-refractivity contribution is -0.148. The van der Waals surface area contributed by atoms with E-state index in [1.807, 2.05) is 4.90 Å². The van der Waals surface area contributed by atoms with Gasteiger partial charge in [0.2, 0.25) is 0 Å². The first-order valence-electron chi connectivity index (χ1n) is 4.00. The van der Waals surface area contributed by atoms with Gasteiger partial charge in [0.15, 0.2) is 0 Å². The van der Waals surface area contributed by atoms with Crippen molar-refractivity contribution in [2.75, 3.05) is 13.7 Å². The number of carbonyl (C=O) groups excluding carboxylic acids is 1. The second kappa shape index (κ2) is 3.22. The second-order valence-corrected chi connectivity index (χ2v) is 3.05. The molecule has 11 heavy (non-hydrogen) atoms. The minimum Gasteiger partial charge on any atom is -0.372 e. The number of hydrogen-bond acceptors (Lipinski definition) is 2. The molecular formula is C8H15NO2. The van der Waals surface area contributed by atoms with Crippen molar-refractivity contribution < 1.29 is 9.53 Å². The molecule has 3 nitrogen and oxygen atoms in total. The molecule has 1 fully saturated rings. The number of methoxy groups -OCH3 is 1. The Balaban J connectivity index is 2.41. The smallest absolute Gasteiger partial charge is 0.251 e. The summed E-state index contributed by atoms with van der Waals surface area (Å²) in [6.45, 7) is 4.74. The summed E-state index contributed by atoms with van der Waals surface area (Å²) in [6.07, 6.45) is 0.847. The molecule has 1 heterocycles. The Bertz CT molecular complexity index is 158. The van der Waals surface area contributed by atoms with E-state index in [2.05, 4.69) is 6.92 Å². The molecule has 0 aromatic rings. The fourth-order valence-corrected chi connectivity index (χ4v) is 1.18. The SMILES string of the molecule is COC(C)C(=O)N1CCC1C. The highest BCUT2D eigenvalue weighted by atomic mass is 16.5. The Morgan fingerprint density at radius 1 is 1.73 bits per heavy atom. The van der Waals surface area contributed by atoms with Crippen molar-refractivity contribution in [2.24, 2.45) is 0 Å². The first kappa shape index (κ1) is 8.53. The van der Waals surface area contributed by atoms with Gasteiger partial charge in [0, 0.05) is 19.7 Å². The van der Waals surface area contributed by atoms with E-state index in [4.69, 9.17) is 4.74 Å². The molecule has 0 bridgehead atoms. The predicted molar refractivity (Wildman–Crippen MR) is 42.3 cm³/mol. The van der Waals surface area contributed by atoms with Crippen LogP contribution in [0, 0.1) is 0 Å². The predicted octanol–water partition coefficient (Wildman–Crippen LogP) is 0.642. The lowest BCUT2D eigenvalue weighted by Gasteiger charge is -2.39. The molecule has 0 N–H and O–H groups in total. The lowest BCUT2D eigenvalue weighted by Crippen LogP contribution is -2.52. The molecule has 0 aromatic heterocycles. The summed E-state index contributed by atoms with van der Waals surface area (Å²) in [5.41, 5.74) is 0. The fourth-order valence-electron chi connectivity index (χ4n) is 1.18. The molecule has 1 saturated heterocycles. The number of amides is 1. The highest BCUT2D eigenvalue weighted by Crippen LogP contribution is 2.17. The van der Waals surface area contributed by atoms with Gasteiger partial charge in [0.25, 0.3) is 5.91 Å². The van der Waals surface area contributed by atoms with E-state index in [0.717, 1.165) is 13.0 Å². The number of ether oxygens (including phenoxy) is 1. The molecule has 3 heteroatoms. The normalized spacial score (nSPS) is 26.1. The average Bonchev–Trinajstić information content (AvgIpc) is 2.00. The van der Waals surface area contributed by atoms with Crippen molar-refractivity contribution in [2.45, 2.75) is 32.4 Å². The zero-order valence-corrected chi connectivity index (χ0v) is 7.33. The van der Waals surface area contributed by atoms with Crippen molar-refractivity contribution in [3.63, 3.8) is 0 Å². The molecule has 2 unspecified atom stereocenters. The number of likely N-dealkylation sites (tertiary alicyclic amines) is 1. The average molecular weight is 157 g/mol. The number of nitrogens with zero attached hydrogens (tertiary/aromatic N) is 1. The molecule has 0 aliphatic carbocycles. The minimum atomic E-state index is -0.280. The number of carbonyl (C=O) groups is 1. The van der Waals surface area contributed by atoms with Gasteiger partial charge >= 0.3 is 0 Å².